The summed E-state index contributed by atoms with van der Waals surface area (Å²) in [5.41, 5.74) is -0.146. The molecule has 0 spiro atoms. The second-order valence-corrected chi connectivity index (χ2v) is 4.75. The highest BCUT2D eigenvalue weighted by Crippen LogP contribution is 2.40. The largest absolute Gasteiger partial charge is 0.349 e. The third-order valence-electron chi connectivity index (χ3n) is 2.87. The number of nitrogens with one attached hydrogen (secondary N) is 2. The number of rotatable bonds is 3. The van der Waals surface area contributed by atoms with Crippen molar-refractivity contribution >= 4 is 17.2 Å². The van der Waals surface area contributed by atoms with Gasteiger partial charge >= 0.3 is 4.87 Å². The molecule has 1 amide bonds. The van der Waals surface area contributed by atoms with Gasteiger partial charge in [-0.3, -0.25) is 9.59 Å². The van der Waals surface area contributed by atoms with Gasteiger partial charge in [-0.05, 0) is 19.3 Å². The standard InChI is InChI=1S/C10H11N3O2S/c11-6-10(2-1-3-10)8(14)12-4-7-5-16-9(15)13-7/h5H,1-4H2,(H,12,14)(H,13,15). The number of aromatic amines is 1. The van der Waals surface area contributed by atoms with E-state index >= 15 is 0 Å². The maximum absolute atomic E-state index is 11.7. The van der Waals surface area contributed by atoms with E-state index in [9.17, 15) is 9.59 Å². The van der Waals surface area contributed by atoms with Crippen molar-refractivity contribution in [3.8, 4) is 6.07 Å². The molecule has 1 heterocycles. The molecule has 0 radical (unpaired) electrons. The summed E-state index contributed by atoms with van der Waals surface area (Å²) in [5, 5.41) is 13.3. The molecular formula is C10H11N3O2S. The molecule has 0 atom stereocenters. The molecule has 0 saturated heterocycles. The summed E-state index contributed by atoms with van der Waals surface area (Å²) < 4.78 is 0. The molecule has 16 heavy (non-hydrogen) atoms. The molecule has 1 fully saturated rings. The number of hydrogen-bond donors (Lipinski definition) is 2. The highest BCUT2D eigenvalue weighted by molar-refractivity contribution is 7.07. The number of carbonyl (C=O) groups is 1. The van der Waals surface area contributed by atoms with Crippen molar-refractivity contribution in [1.29, 1.82) is 5.26 Å². The first-order chi connectivity index (χ1) is 7.66. The molecule has 1 aromatic heterocycles. The second-order valence-electron chi connectivity index (χ2n) is 3.90. The summed E-state index contributed by atoms with van der Waals surface area (Å²) >= 11 is 1.06. The molecule has 1 aliphatic carbocycles. The van der Waals surface area contributed by atoms with Gasteiger partial charge in [-0.25, -0.2) is 0 Å². The van der Waals surface area contributed by atoms with E-state index in [0.29, 0.717) is 18.5 Å². The molecule has 0 aliphatic heterocycles. The van der Waals surface area contributed by atoms with Crippen LogP contribution >= 0.6 is 11.3 Å². The lowest BCUT2D eigenvalue weighted by Crippen LogP contribution is -2.44. The SMILES string of the molecule is N#CC1(C(=O)NCc2csc(=O)[nH]2)CCC1. The number of H-pyrrole nitrogens is 1. The van der Waals surface area contributed by atoms with Crippen LogP contribution in [0.5, 0.6) is 0 Å². The summed E-state index contributed by atoms with van der Waals surface area (Å²) in [7, 11) is 0. The van der Waals surface area contributed by atoms with Crippen molar-refractivity contribution in [2.24, 2.45) is 5.41 Å². The molecule has 5 nitrogen and oxygen atoms in total. The van der Waals surface area contributed by atoms with Crippen LogP contribution in [-0.4, -0.2) is 10.9 Å². The number of thiazole rings is 1. The first kappa shape index (κ1) is 10.9. The van der Waals surface area contributed by atoms with E-state index in [4.69, 9.17) is 5.26 Å². The minimum atomic E-state index is -0.823. The van der Waals surface area contributed by atoms with Gasteiger partial charge in [0.2, 0.25) is 5.91 Å². The van der Waals surface area contributed by atoms with Gasteiger partial charge in [0.1, 0.15) is 5.41 Å². The van der Waals surface area contributed by atoms with Gasteiger partial charge in [-0.15, -0.1) is 0 Å². The zero-order chi connectivity index (χ0) is 11.6. The van der Waals surface area contributed by atoms with Gasteiger partial charge in [-0.2, -0.15) is 5.26 Å². The molecular weight excluding hydrogens is 226 g/mol. The molecule has 1 saturated carbocycles. The quantitative estimate of drug-likeness (QED) is 0.813. The second kappa shape index (κ2) is 4.10. The molecule has 84 valence electrons. The van der Waals surface area contributed by atoms with E-state index in [1.54, 1.807) is 5.38 Å². The molecule has 0 aromatic carbocycles. The Morgan fingerprint density at radius 2 is 2.44 bits per heavy atom. The van der Waals surface area contributed by atoms with Crippen LogP contribution in [0.1, 0.15) is 25.0 Å². The first-order valence-electron chi connectivity index (χ1n) is 5.02. The summed E-state index contributed by atoms with van der Waals surface area (Å²) in [5.74, 6) is -0.228. The van der Waals surface area contributed by atoms with Crippen molar-refractivity contribution in [2.75, 3.05) is 0 Å². The van der Waals surface area contributed by atoms with Gasteiger partial charge in [0.25, 0.3) is 0 Å². The number of carbonyl (C=O) groups excluding carboxylic acids is 1. The minimum absolute atomic E-state index is 0.136. The number of nitrogens with zero attached hydrogens (tertiary/aromatic N) is 1. The maximum Gasteiger partial charge on any atom is 0.304 e. The third-order valence-corrected chi connectivity index (χ3v) is 3.58. The Bertz CT molecular complexity index is 493. The molecule has 2 rings (SSSR count). The van der Waals surface area contributed by atoms with Crippen molar-refractivity contribution in [2.45, 2.75) is 25.8 Å². The number of amides is 1. The zero-order valence-electron chi connectivity index (χ0n) is 8.58. The van der Waals surface area contributed by atoms with Gasteiger partial charge in [0, 0.05) is 11.1 Å². The Morgan fingerprint density at radius 3 is 2.88 bits per heavy atom. The number of aromatic nitrogens is 1. The zero-order valence-corrected chi connectivity index (χ0v) is 9.39. The van der Waals surface area contributed by atoms with Crippen molar-refractivity contribution in [1.82, 2.24) is 10.3 Å². The summed E-state index contributed by atoms with van der Waals surface area (Å²) in [6.07, 6.45) is 2.20. The van der Waals surface area contributed by atoms with E-state index in [-0.39, 0.29) is 17.3 Å². The van der Waals surface area contributed by atoms with Gasteiger partial charge in [0.05, 0.1) is 12.6 Å². The first-order valence-corrected chi connectivity index (χ1v) is 5.90. The Kier molecular flexibility index (Phi) is 2.79. The van der Waals surface area contributed by atoms with Crippen molar-refractivity contribution in [3.05, 3.63) is 20.7 Å². The van der Waals surface area contributed by atoms with Crippen molar-refractivity contribution in [3.63, 3.8) is 0 Å². The molecule has 0 unspecified atom stereocenters. The predicted molar refractivity (Wildman–Crippen MR) is 58.7 cm³/mol. The normalized spacial score (nSPS) is 17.2. The molecule has 0 bridgehead atoms. The number of hydrogen-bond acceptors (Lipinski definition) is 4. The lowest BCUT2D eigenvalue weighted by molar-refractivity contribution is -0.131. The fourth-order valence-corrected chi connectivity index (χ4v) is 2.25. The van der Waals surface area contributed by atoms with Crippen LogP contribution in [0, 0.1) is 16.7 Å². The fraction of sp³-hybridized carbons (Fsp3) is 0.500. The van der Waals surface area contributed by atoms with E-state index in [0.717, 1.165) is 17.8 Å². The molecule has 1 aliphatic rings. The van der Waals surface area contributed by atoms with Crippen molar-refractivity contribution < 1.29 is 4.79 Å². The third kappa shape index (κ3) is 1.86. The number of nitriles is 1. The maximum atomic E-state index is 11.7. The van der Waals surface area contributed by atoms with Crippen LogP contribution in [0.4, 0.5) is 0 Å². The Balaban J connectivity index is 1.94. The molecule has 6 heteroatoms. The van der Waals surface area contributed by atoms with Gasteiger partial charge < -0.3 is 10.3 Å². The van der Waals surface area contributed by atoms with E-state index in [2.05, 4.69) is 16.4 Å². The van der Waals surface area contributed by atoms with Crippen LogP contribution in [0.3, 0.4) is 0 Å². The van der Waals surface area contributed by atoms with Gasteiger partial charge in [-0.1, -0.05) is 11.3 Å². The van der Waals surface area contributed by atoms with E-state index in [1.807, 2.05) is 0 Å². The Labute approximate surface area is 96.1 Å². The monoisotopic (exact) mass is 237 g/mol. The smallest absolute Gasteiger partial charge is 0.304 e. The topological polar surface area (TPSA) is 85.8 Å². The minimum Gasteiger partial charge on any atom is -0.349 e. The highest BCUT2D eigenvalue weighted by Gasteiger charge is 2.44. The molecule has 1 aromatic rings. The lowest BCUT2D eigenvalue weighted by atomic mass is 9.69. The predicted octanol–water partition coefficient (Wildman–Crippen LogP) is 0.746. The van der Waals surface area contributed by atoms with Gasteiger partial charge in [0.15, 0.2) is 0 Å². The summed E-state index contributed by atoms with van der Waals surface area (Å²) in [6.45, 7) is 0.279. The average molecular weight is 237 g/mol. The Hall–Kier alpha value is -1.61. The molecule has 2 N–H and O–H groups in total. The van der Waals surface area contributed by atoms with Crippen LogP contribution in [0.2, 0.25) is 0 Å². The Morgan fingerprint density at radius 1 is 1.69 bits per heavy atom. The lowest BCUT2D eigenvalue weighted by Gasteiger charge is -2.33. The van der Waals surface area contributed by atoms with Crippen LogP contribution in [0.25, 0.3) is 0 Å². The average Bonchev–Trinajstić information content (AvgIpc) is 2.60. The van der Waals surface area contributed by atoms with E-state index < -0.39 is 5.41 Å². The van der Waals surface area contributed by atoms with Crippen LogP contribution in [0.15, 0.2) is 10.2 Å². The highest BCUT2D eigenvalue weighted by atomic mass is 32.1. The van der Waals surface area contributed by atoms with Crippen LogP contribution in [-0.2, 0) is 11.3 Å². The summed E-state index contributed by atoms with van der Waals surface area (Å²) in [4.78, 5) is 25.1. The van der Waals surface area contributed by atoms with Crippen LogP contribution < -0.4 is 10.2 Å². The van der Waals surface area contributed by atoms with E-state index in [1.165, 1.54) is 0 Å². The summed E-state index contributed by atoms with van der Waals surface area (Å²) in [6, 6.07) is 2.07. The fourth-order valence-electron chi connectivity index (χ4n) is 1.67.